The van der Waals surface area contributed by atoms with Gasteiger partial charge in [-0.15, -0.1) is 12.4 Å². The Morgan fingerprint density at radius 2 is 2.11 bits per heavy atom. The van der Waals surface area contributed by atoms with Gasteiger partial charge in [-0.1, -0.05) is 6.42 Å². The van der Waals surface area contributed by atoms with Crippen LogP contribution in [0.3, 0.4) is 0 Å². The molecule has 3 N–H and O–H groups in total. The van der Waals surface area contributed by atoms with Crippen molar-refractivity contribution in [1.29, 1.82) is 0 Å². The van der Waals surface area contributed by atoms with Crippen molar-refractivity contribution in [2.45, 2.75) is 31.4 Å². The molecule has 1 aromatic rings. The Hall–Kier alpha value is -0.840. The average Bonchev–Trinajstić information content (AvgIpc) is 2.25. The van der Waals surface area contributed by atoms with Gasteiger partial charge in [0.15, 0.2) is 0 Å². The van der Waals surface area contributed by atoms with Gasteiger partial charge in [0, 0.05) is 5.56 Å². The fourth-order valence-electron chi connectivity index (χ4n) is 2.22. The van der Waals surface area contributed by atoms with Gasteiger partial charge in [-0.3, -0.25) is 0 Å². The van der Waals surface area contributed by atoms with Crippen molar-refractivity contribution >= 4 is 12.4 Å². The summed E-state index contributed by atoms with van der Waals surface area (Å²) < 4.78 is 18.4. The second-order valence-electron chi connectivity index (χ2n) is 4.59. The van der Waals surface area contributed by atoms with Crippen molar-refractivity contribution in [3.8, 4) is 5.75 Å². The van der Waals surface area contributed by atoms with E-state index in [1.165, 1.54) is 25.3 Å². The van der Waals surface area contributed by atoms with Crippen molar-refractivity contribution in [1.82, 2.24) is 0 Å². The molecular weight excluding hydrogens is 257 g/mol. The van der Waals surface area contributed by atoms with E-state index in [2.05, 4.69) is 0 Å². The lowest BCUT2D eigenvalue weighted by Crippen LogP contribution is -2.36. The summed E-state index contributed by atoms with van der Waals surface area (Å²) in [4.78, 5) is 0. The van der Waals surface area contributed by atoms with Gasteiger partial charge < -0.3 is 15.6 Å². The first-order valence-electron chi connectivity index (χ1n) is 5.90. The Labute approximate surface area is 113 Å². The Kier molecular flexibility index (Phi) is 5.38. The summed E-state index contributed by atoms with van der Waals surface area (Å²) in [5.41, 5.74) is 6.53. The van der Waals surface area contributed by atoms with E-state index < -0.39 is 12.1 Å². The van der Waals surface area contributed by atoms with Crippen molar-refractivity contribution in [2.24, 2.45) is 11.7 Å². The Balaban J connectivity index is 0.00000162. The zero-order valence-corrected chi connectivity index (χ0v) is 11.1. The zero-order chi connectivity index (χ0) is 12.4. The first-order chi connectivity index (χ1) is 8.13. The summed E-state index contributed by atoms with van der Waals surface area (Å²) in [6, 6.07) is 3.61. The van der Waals surface area contributed by atoms with Crippen LogP contribution in [0.5, 0.6) is 5.75 Å². The lowest BCUT2D eigenvalue weighted by Gasteiger charge is -2.34. The summed E-state index contributed by atoms with van der Waals surface area (Å²) >= 11 is 0. The fourth-order valence-corrected chi connectivity index (χ4v) is 2.22. The summed E-state index contributed by atoms with van der Waals surface area (Å²) in [6.07, 6.45) is 2.49. The molecule has 0 spiro atoms. The number of rotatable bonds is 4. The van der Waals surface area contributed by atoms with E-state index >= 15 is 0 Å². The normalized spacial score (nSPS) is 18.4. The second-order valence-corrected chi connectivity index (χ2v) is 4.59. The molecule has 0 radical (unpaired) electrons. The number of aliphatic hydroxyl groups is 1. The van der Waals surface area contributed by atoms with Crippen LogP contribution in [0, 0.1) is 11.7 Å². The Morgan fingerprint density at radius 1 is 1.44 bits per heavy atom. The van der Waals surface area contributed by atoms with Crippen LogP contribution in [0.1, 0.15) is 30.9 Å². The molecule has 0 aromatic heterocycles. The van der Waals surface area contributed by atoms with Gasteiger partial charge >= 0.3 is 0 Å². The predicted octanol–water partition coefficient (Wildman–Crippen LogP) is 2.42. The molecule has 1 fully saturated rings. The van der Waals surface area contributed by atoms with Gasteiger partial charge in [0.1, 0.15) is 11.6 Å². The number of halogens is 2. The largest absolute Gasteiger partial charge is 0.496 e. The van der Waals surface area contributed by atoms with Gasteiger partial charge in [0.25, 0.3) is 0 Å². The molecule has 3 nitrogen and oxygen atoms in total. The highest BCUT2D eigenvalue weighted by molar-refractivity contribution is 5.85. The summed E-state index contributed by atoms with van der Waals surface area (Å²) in [7, 11) is 1.51. The van der Waals surface area contributed by atoms with E-state index in [-0.39, 0.29) is 24.1 Å². The highest BCUT2D eigenvalue weighted by Crippen LogP contribution is 2.36. The highest BCUT2D eigenvalue weighted by Gasteiger charge is 2.32. The van der Waals surface area contributed by atoms with Crippen molar-refractivity contribution in [3.05, 3.63) is 29.6 Å². The number of ether oxygens (including phenoxy) is 1. The molecule has 0 unspecified atom stereocenters. The fraction of sp³-hybridized carbons (Fsp3) is 0.538. The third-order valence-electron chi connectivity index (χ3n) is 3.55. The molecule has 102 valence electrons. The average molecular weight is 276 g/mol. The molecule has 18 heavy (non-hydrogen) atoms. The van der Waals surface area contributed by atoms with E-state index in [4.69, 9.17) is 10.5 Å². The van der Waals surface area contributed by atoms with E-state index in [1.54, 1.807) is 0 Å². The standard InChI is InChI=1S/C13H18FNO2.ClH/c1-17-11-6-5-9(14)7-10(11)12(15)13(16)8-3-2-4-8;/h5-8,12-13,16H,2-4,15H2,1H3;1H/t12-,13+;/m0./s1. The van der Waals surface area contributed by atoms with Crippen molar-refractivity contribution < 1.29 is 14.2 Å². The van der Waals surface area contributed by atoms with E-state index in [0.29, 0.717) is 11.3 Å². The van der Waals surface area contributed by atoms with Crippen LogP contribution in [0.4, 0.5) is 4.39 Å². The topological polar surface area (TPSA) is 55.5 Å². The SMILES string of the molecule is COc1ccc(F)cc1[C@H](N)[C@H](O)C1CCC1.Cl. The lowest BCUT2D eigenvalue weighted by molar-refractivity contribution is 0.0407. The summed E-state index contributed by atoms with van der Waals surface area (Å²) in [5.74, 6) is 0.396. The molecule has 0 heterocycles. The van der Waals surface area contributed by atoms with E-state index in [1.807, 2.05) is 0 Å². The molecule has 0 bridgehead atoms. The van der Waals surface area contributed by atoms with Crippen LogP contribution in [0.25, 0.3) is 0 Å². The zero-order valence-electron chi connectivity index (χ0n) is 10.3. The van der Waals surface area contributed by atoms with Crippen LogP contribution in [-0.2, 0) is 0 Å². The van der Waals surface area contributed by atoms with Gasteiger partial charge in [-0.05, 0) is 37.0 Å². The van der Waals surface area contributed by atoms with Crippen molar-refractivity contribution in [2.75, 3.05) is 7.11 Å². The third kappa shape index (κ3) is 2.94. The maximum atomic E-state index is 13.2. The summed E-state index contributed by atoms with van der Waals surface area (Å²) in [6.45, 7) is 0. The summed E-state index contributed by atoms with van der Waals surface area (Å²) in [5, 5.41) is 10.1. The van der Waals surface area contributed by atoms with Crippen LogP contribution in [-0.4, -0.2) is 18.3 Å². The maximum absolute atomic E-state index is 13.2. The second kappa shape index (κ2) is 6.36. The lowest BCUT2D eigenvalue weighted by atomic mass is 9.77. The molecule has 0 amide bonds. The van der Waals surface area contributed by atoms with E-state index in [0.717, 1.165) is 19.3 Å². The van der Waals surface area contributed by atoms with Gasteiger partial charge in [-0.2, -0.15) is 0 Å². The predicted molar refractivity (Wildman–Crippen MR) is 70.5 cm³/mol. The van der Waals surface area contributed by atoms with Crippen LogP contribution >= 0.6 is 12.4 Å². The van der Waals surface area contributed by atoms with Crippen LogP contribution in [0.15, 0.2) is 18.2 Å². The number of hydrogen-bond donors (Lipinski definition) is 2. The third-order valence-corrected chi connectivity index (χ3v) is 3.55. The molecule has 1 saturated carbocycles. The molecule has 1 aromatic carbocycles. The Bertz CT molecular complexity index is 399. The number of aliphatic hydroxyl groups excluding tert-OH is 1. The number of methoxy groups -OCH3 is 1. The minimum absolute atomic E-state index is 0. The monoisotopic (exact) mass is 275 g/mol. The number of nitrogens with two attached hydrogens (primary N) is 1. The number of hydrogen-bond acceptors (Lipinski definition) is 3. The van der Waals surface area contributed by atoms with Crippen LogP contribution in [0.2, 0.25) is 0 Å². The molecule has 5 heteroatoms. The van der Waals surface area contributed by atoms with Gasteiger partial charge in [0.05, 0.1) is 19.3 Å². The minimum atomic E-state index is -0.626. The molecular formula is C13H19ClFNO2. The molecule has 2 atom stereocenters. The van der Waals surface area contributed by atoms with Gasteiger partial charge in [-0.25, -0.2) is 4.39 Å². The van der Waals surface area contributed by atoms with E-state index in [9.17, 15) is 9.50 Å². The minimum Gasteiger partial charge on any atom is -0.496 e. The first-order valence-corrected chi connectivity index (χ1v) is 5.90. The van der Waals surface area contributed by atoms with Crippen molar-refractivity contribution in [3.63, 3.8) is 0 Å². The van der Waals surface area contributed by atoms with Gasteiger partial charge in [0.2, 0.25) is 0 Å². The Morgan fingerprint density at radius 3 is 2.61 bits per heavy atom. The molecule has 1 aliphatic rings. The number of benzene rings is 1. The first kappa shape index (κ1) is 15.2. The van der Waals surface area contributed by atoms with Crippen LogP contribution < -0.4 is 10.5 Å². The molecule has 2 rings (SSSR count). The maximum Gasteiger partial charge on any atom is 0.123 e. The smallest absolute Gasteiger partial charge is 0.123 e. The molecule has 0 aliphatic heterocycles. The molecule has 0 saturated heterocycles. The highest BCUT2D eigenvalue weighted by atomic mass is 35.5. The molecule has 1 aliphatic carbocycles. The quantitative estimate of drug-likeness (QED) is 0.887.